The summed E-state index contributed by atoms with van der Waals surface area (Å²) in [5.41, 5.74) is 0.623. The Morgan fingerprint density at radius 1 is 1.43 bits per heavy atom. The SMILES string of the molecule is CC(=O)Cc1cc2nc(C(F)F)nn2c(-c2ccco2)n1. The minimum absolute atomic E-state index is 0.0844. The minimum Gasteiger partial charge on any atom is -0.461 e. The summed E-state index contributed by atoms with van der Waals surface area (Å²) in [5.74, 6) is -0.0975. The molecule has 0 atom stereocenters. The van der Waals surface area contributed by atoms with Crippen LogP contribution in [0.1, 0.15) is 24.9 Å². The molecule has 0 aliphatic heterocycles. The number of nitrogens with zero attached hydrogens (tertiary/aromatic N) is 4. The molecule has 0 N–H and O–H groups in total. The molecule has 0 aliphatic carbocycles. The van der Waals surface area contributed by atoms with Gasteiger partial charge in [-0.1, -0.05) is 0 Å². The van der Waals surface area contributed by atoms with E-state index in [1.807, 2.05) is 0 Å². The molecule has 21 heavy (non-hydrogen) atoms. The molecule has 0 aromatic carbocycles. The second-order valence-corrected chi connectivity index (χ2v) is 4.47. The lowest BCUT2D eigenvalue weighted by atomic mass is 10.2. The van der Waals surface area contributed by atoms with Crippen LogP contribution in [0.3, 0.4) is 0 Å². The molecule has 3 aromatic rings. The average Bonchev–Trinajstić information content (AvgIpc) is 3.06. The molecule has 8 heteroatoms. The maximum absolute atomic E-state index is 12.8. The Hall–Kier alpha value is -2.64. The molecule has 6 nitrogen and oxygen atoms in total. The van der Waals surface area contributed by atoms with E-state index in [-0.39, 0.29) is 23.7 Å². The van der Waals surface area contributed by atoms with E-state index in [1.165, 1.54) is 23.8 Å². The summed E-state index contributed by atoms with van der Waals surface area (Å²) in [4.78, 5) is 19.3. The predicted octanol–water partition coefficient (Wildman–Crippen LogP) is 2.45. The number of furan rings is 1. The quantitative estimate of drug-likeness (QED) is 0.738. The van der Waals surface area contributed by atoms with E-state index in [0.717, 1.165) is 0 Å². The molecule has 3 aromatic heterocycles. The third kappa shape index (κ3) is 2.51. The van der Waals surface area contributed by atoms with Crippen LogP contribution in [0.15, 0.2) is 28.9 Å². The van der Waals surface area contributed by atoms with Gasteiger partial charge in [-0.05, 0) is 19.1 Å². The molecule has 108 valence electrons. The van der Waals surface area contributed by atoms with Gasteiger partial charge in [-0.3, -0.25) is 4.79 Å². The van der Waals surface area contributed by atoms with Crippen LogP contribution in [0, 0.1) is 0 Å². The molecule has 3 rings (SSSR count). The fourth-order valence-corrected chi connectivity index (χ4v) is 1.96. The Morgan fingerprint density at radius 2 is 2.24 bits per heavy atom. The van der Waals surface area contributed by atoms with E-state index in [1.54, 1.807) is 12.1 Å². The summed E-state index contributed by atoms with van der Waals surface area (Å²) >= 11 is 0. The van der Waals surface area contributed by atoms with Crippen LogP contribution in [0.2, 0.25) is 0 Å². The first-order chi connectivity index (χ1) is 10.0. The number of alkyl halides is 2. The number of fused-ring (bicyclic) bond motifs is 1. The van der Waals surface area contributed by atoms with Crippen LogP contribution in [-0.2, 0) is 11.2 Å². The van der Waals surface area contributed by atoms with Gasteiger partial charge in [0.25, 0.3) is 6.43 Å². The van der Waals surface area contributed by atoms with E-state index in [2.05, 4.69) is 15.1 Å². The summed E-state index contributed by atoms with van der Waals surface area (Å²) in [7, 11) is 0. The molecule has 3 heterocycles. The first kappa shape index (κ1) is 13.3. The molecule has 0 spiro atoms. The summed E-state index contributed by atoms with van der Waals surface area (Å²) in [5, 5.41) is 3.74. The molecule has 0 radical (unpaired) electrons. The van der Waals surface area contributed by atoms with E-state index >= 15 is 0 Å². The molecule has 0 saturated carbocycles. The van der Waals surface area contributed by atoms with Crippen molar-refractivity contribution in [1.29, 1.82) is 0 Å². The highest BCUT2D eigenvalue weighted by Crippen LogP contribution is 2.22. The maximum Gasteiger partial charge on any atom is 0.299 e. The topological polar surface area (TPSA) is 73.3 Å². The van der Waals surface area contributed by atoms with E-state index < -0.39 is 12.2 Å². The highest BCUT2D eigenvalue weighted by Gasteiger charge is 2.19. The summed E-state index contributed by atoms with van der Waals surface area (Å²) < 4.78 is 31.9. The van der Waals surface area contributed by atoms with Crippen molar-refractivity contribution in [3.05, 3.63) is 36.0 Å². The van der Waals surface area contributed by atoms with Gasteiger partial charge in [0, 0.05) is 12.5 Å². The Balaban J connectivity index is 2.23. The maximum atomic E-state index is 12.8. The molecule has 0 unspecified atom stereocenters. The fraction of sp³-hybridized carbons (Fsp3) is 0.231. The lowest BCUT2D eigenvalue weighted by molar-refractivity contribution is -0.116. The highest BCUT2D eigenvalue weighted by molar-refractivity contribution is 5.78. The second-order valence-electron chi connectivity index (χ2n) is 4.47. The zero-order chi connectivity index (χ0) is 15.0. The van der Waals surface area contributed by atoms with Gasteiger partial charge in [0.15, 0.2) is 17.2 Å². The summed E-state index contributed by atoms with van der Waals surface area (Å²) in [6.45, 7) is 1.42. The van der Waals surface area contributed by atoms with Gasteiger partial charge in [0.1, 0.15) is 5.78 Å². The number of hydrogen-bond donors (Lipinski definition) is 0. The molecule has 0 bridgehead atoms. The van der Waals surface area contributed by atoms with Gasteiger partial charge in [-0.25, -0.2) is 18.7 Å². The molecular formula is C13H10F2N4O2. The van der Waals surface area contributed by atoms with Crippen molar-refractivity contribution in [3.63, 3.8) is 0 Å². The smallest absolute Gasteiger partial charge is 0.299 e. The van der Waals surface area contributed by atoms with Gasteiger partial charge in [-0.2, -0.15) is 4.52 Å². The van der Waals surface area contributed by atoms with Crippen LogP contribution < -0.4 is 0 Å². The summed E-state index contributed by atoms with van der Waals surface area (Å²) in [6, 6.07) is 4.74. The minimum atomic E-state index is -2.79. The van der Waals surface area contributed by atoms with Crippen molar-refractivity contribution in [2.75, 3.05) is 0 Å². The van der Waals surface area contributed by atoms with Crippen LogP contribution in [0.4, 0.5) is 8.78 Å². The zero-order valence-electron chi connectivity index (χ0n) is 11.0. The standard InChI is InChI=1S/C13H10F2N4O2/c1-7(20)5-8-6-10-17-12(11(14)15)18-19(10)13(16-8)9-3-2-4-21-9/h2-4,6,11H,5H2,1H3. The number of carbonyl (C=O) groups is 1. The third-order valence-corrected chi connectivity index (χ3v) is 2.76. The molecule has 0 fully saturated rings. The van der Waals surface area contributed by atoms with Crippen molar-refractivity contribution < 1.29 is 18.0 Å². The van der Waals surface area contributed by atoms with Crippen molar-refractivity contribution in [3.8, 4) is 11.6 Å². The van der Waals surface area contributed by atoms with Crippen molar-refractivity contribution in [1.82, 2.24) is 19.6 Å². The fourth-order valence-electron chi connectivity index (χ4n) is 1.96. The van der Waals surface area contributed by atoms with Crippen LogP contribution in [0.25, 0.3) is 17.2 Å². The van der Waals surface area contributed by atoms with Crippen molar-refractivity contribution in [2.24, 2.45) is 0 Å². The van der Waals surface area contributed by atoms with E-state index in [0.29, 0.717) is 11.5 Å². The summed E-state index contributed by atoms with van der Waals surface area (Å²) in [6.07, 6.45) is -1.27. The van der Waals surface area contributed by atoms with Gasteiger partial charge in [-0.15, -0.1) is 5.10 Å². The molecule has 0 aliphatic rings. The number of Topliss-reactive ketones (excluding diaryl/α,β-unsaturated/α-hetero) is 1. The normalized spacial score (nSPS) is 11.4. The Morgan fingerprint density at radius 3 is 2.86 bits per heavy atom. The van der Waals surface area contributed by atoms with Gasteiger partial charge in [0.2, 0.25) is 5.82 Å². The monoisotopic (exact) mass is 292 g/mol. The van der Waals surface area contributed by atoms with Gasteiger partial charge < -0.3 is 4.42 Å². The Labute approximate surface area is 117 Å². The number of carbonyl (C=O) groups excluding carboxylic acids is 1. The average molecular weight is 292 g/mol. The zero-order valence-corrected chi connectivity index (χ0v) is 11.0. The largest absolute Gasteiger partial charge is 0.461 e. The lowest BCUT2D eigenvalue weighted by Crippen LogP contribution is -2.05. The first-order valence-electron chi connectivity index (χ1n) is 6.12. The molecule has 0 saturated heterocycles. The predicted molar refractivity (Wildman–Crippen MR) is 67.8 cm³/mol. The third-order valence-electron chi connectivity index (χ3n) is 2.76. The van der Waals surface area contributed by atoms with Crippen LogP contribution >= 0.6 is 0 Å². The first-order valence-corrected chi connectivity index (χ1v) is 6.12. The van der Waals surface area contributed by atoms with Crippen LogP contribution in [0.5, 0.6) is 0 Å². The number of hydrogen-bond acceptors (Lipinski definition) is 5. The molecular weight excluding hydrogens is 282 g/mol. The van der Waals surface area contributed by atoms with E-state index in [9.17, 15) is 13.6 Å². The lowest BCUT2D eigenvalue weighted by Gasteiger charge is -2.03. The number of halogens is 2. The van der Waals surface area contributed by atoms with Crippen LogP contribution in [-0.4, -0.2) is 25.4 Å². The number of ketones is 1. The Kier molecular flexibility index (Phi) is 3.20. The number of aromatic nitrogens is 4. The Bertz CT molecular complexity index is 796. The number of rotatable bonds is 4. The van der Waals surface area contributed by atoms with Gasteiger partial charge in [0.05, 0.1) is 12.0 Å². The van der Waals surface area contributed by atoms with Crippen molar-refractivity contribution >= 4 is 11.4 Å². The van der Waals surface area contributed by atoms with E-state index in [4.69, 9.17) is 4.42 Å². The second kappa shape index (κ2) is 5.04. The highest BCUT2D eigenvalue weighted by atomic mass is 19.3. The van der Waals surface area contributed by atoms with Gasteiger partial charge >= 0.3 is 0 Å². The molecule has 0 amide bonds. The van der Waals surface area contributed by atoms with Crippen molar-refractivity contribution in [2.45, 2.75) is 19.8 Å².